The molecule has 1 unspecified atom stereocenters. The van der Waals surface area contributed by atoms with Gasteiger partial charge in [-0.3, -0.25) is 4.79 Å². The molecule has 1 aliphatic heterocycles. The fourth-order valence-electron chi connectivity index (χ4n) is 2.30. The van der Waals surface area contributed by atoms with Gasteiger partial charge in [-0.05, 0) is 32.6 Å². The number of urea groups is 1. The summed E-state index contributed by atoms with van der Waals surface area (Å²) in [6.07, 6.45) is 3.33. The number of carbonyl (C=O) groups is 2. The van der Waals surface area contributed by atoms with Gasteiger partial charge >= 0.3 is 12.0 Å². The Hall–Kier alpha value is -1.30. The summed E-state index contributed by atoms with van der Waals surface area (Å²) in [5, 5.41) is 11.6. The molecule has 2 amide bonds. The average Bonchev–Trinajstić information content (AvgIpc) is 2.44. The first-order chi connectivity index (χ1) is 9.54. The van der Waals surface area contributed by atoms with Crippen molar-refractivity contribution in [3.63, 3.8) is 0 Å². The molecule has 1 heterocycles. The molecule has 1 rings (SSSR count). The van der Waals surface area contributed by atoms with Crippen molar-refractivity contribution in [1.82, 2.24) is 10.2 Å². The topological polar surface area (TPSA) is 78.9 Å². The van der Waals surface area contributed by atoms with Crippen LogP contribution in [-0.4, -0.2) is 54.4 Å². The van der Waals surface area contributed by atoms with E-state index in [1.165, 1.54) is 0 Å². The second-order valence-corrected chi connectivity index (χ2v) is 5.26. The molecule has 0 aromatic heterocycles. The van der Waals surface area contributed by atoms with Gasteiger partial charge in [-0.15, -0.1) is 0 Å². The number of likely N-dealkylation sites (tertiary alicyclic amines) is 1. The maximum atomic E-state index is 11.9. The van der Waals surface area contributed by atoms with Crippen LogP contribution < -0.4 is 5.32 Å². The summed E-state index contributed by atoms with van der Waals surface area (Å²) >= 11 is 0. The van der Waals surface area contributed by atoms with Gasteiger partial charge in [-0.2, -0.15) is 0 Å². The molecule has 0 spiro atoms. The number of carbonyl (C=O) groups excluding carboxylic acids is 1. The second kappa shape index (κ2) is 8.79. The zero-order valence-electron chi connectivity index (χ0n) is 12.4. The number of piperidine rings is 1. The first kappa shape index (κ1) is 16.8. The molecule has 116 valence electrons. The average molecular weight is 286 g/mol. The number of carboxylic acid groups (broad SMARTS) is 1. The molecule has 1 aliphatic rings. The van der Waals surface area contributed by atoms with E-state index in [0.29, 0.717) is 19.4 Å². The van der Waals surface area contributed by atoms with Crippen LogP contribution in [-0.2, 0) is 9.53 Å². The summed E-state index contributed by atoms with van der Waals surface area (Å²) in [5.41, 5.74) is 0. The van der Waals surface area contributed by atoms with E-state index in [4.69, 9.17) is 9.84 Å². The van der Waals surface area contributed by atoms with Crippen LogP contribution in [0.25, 0.3) is 0 Å². The highest BCUT2D eigenvalue weighted by molar-refractivity contribution is 5.74. The molecular formula is C14H26N2O4. The first-order valence-electron chi connectivity index (χ1n) is 7.41. The molecule has 0 radical (unpaired) electrons. The van der Waals surface area contributed by atoms with Crippen molar-refractivity contribution in [3.8, 4) is 0 Å². The molecule has 0 bridgehead atoms. The number of carboxylic acids is 1. The van der Waals surface area contributed by atoms with E-state index in [9.17, 15) is 9.59 Å². The van der Waals surface area contributed by atoms with E-state index < -0.39 is 5.97 Å². The summed E-state index contributed by atoms with van der Waals surface area (Å²) in [7, 11) is 0. The van der Waals surface area contributed by atoms with Crippen LogP contribution >= 0.6 is 0 Å². The van der Waals surface area contributed by atoms with E-state index in [2.05, 4.69) is 5.32 Å². The normalized spacial score (nSPS) is 17.8. The van der Waals surface area contributed by atoms with Gasteiger partial charge in [0.1, 0.15) is 0 Å². The van der Waals surface area contributed by atoms with E-state index in [1.54, 1.807) is 11.8 Å². The highest BCUT2D eigenvalue weighted by atomic mass is 16.5. The lowest BCUT2D eigenvalue weighted by atomic mass is 10.1. The molecule has 0 aliphatic carbocycles. The lowest BCUT2D eigenvalue weighted by Crippen LogP contribution is -2.46. The Labute approximate surface area is 120 Å². The summed E-state index contributed by atoms with van der Waals surface area (Å²) in [4.78, 5) is 24.4. The van der Waals surface area contributed by atoms with Crippen molar-refractivity contribution in [2.24, 2.45) is 5.92 Å². The Morgan fingerprint density at radius 3 is 2.60 bits per heavy atom. The van der Waals surface area contributed by atoms with Crippen molar-refractivity contribution in [2.45, 2.75) is 45.6 Å². The smallest absolute Gasteiger partial charge is 0.317 e. The van der Waals surface area contributed by atoms with E-state index in [-0.39, 0.29) is 18.1 Å². The fourth-order valence-corrected chi connectivity index (χ4v) is 2.30. The van der Waals surface area contributed by atoms with Crippen molar-refractivity contribution in [1.29, 1.82) is 0 Å². The van der Waals surface area contributed by atoms with Crippen molar-refractivity contribution in [3.05, 3.63) is 0 Å². The highest BCUT2D eigenvalue weighted by Gasteiger charge is 2.22. The van der Waals surface area contributed by atoms with Crippen LogP contribution in [0.3, 0.4) is 0 Å². The standard InChI is InChI=1S/C14H26N2O4/c1-3-20-12-6-9-16(10-7-12)14(19)15-8-4-5-11(2)13(17)18/h11-12H,3-10H2,1-2H3,(H,15,19)(H,17,18). The first-order valence-corrected chi connectivity index (χ1v) is 7.41. The largest absolute Gasteiger partial charge is 0.481 e. The minimum Gasteiger partial charge on any atom is -0.481 e. The zero-order valence-corrected chi connectivity index (χ0v) is 12.4. The predicted molar refractivity (Wildman–Crippen MR) is 75.7 cm³/mol. The molecular weight excluding hydrogens is 260 g/mol. The quantitative estimate of drug-likeness (QED) is 0.698. The number of nitrogens with zero attached hydrogens (tertiary/aromatic N) is 1. The molecule has 0 saturated carbocycles. The minimum atomic E-state index is -0.783. The lowest BCUT2D eigenvalue weighted by Gasteiger charge is -2.31. The van der Waals surface area contributed by atoms with E-state index in [0.717, 1.165) is 32.5 Å². The van der Waals surface area contributed by atoms with Crippen LogP contribution in [0.1, 0.15) is 39.5 Å². The van der Waals surface area contributed by atoms with Crippen LogP contribution in [0.5, 0.6) is 0 Å². The van der Waals surface area contributed by atoms with Gasteiger partial charge in [0.25, 0.3) is 0 Å². The Bertz CT molecular complexity index is 314. The molecule has 0 aromatic carbocycles. The number of nitrogens with one attached hydrogen (secondary N) is 1. The Balaban J connectivity index is 2.13. The number of rotatable bonds is 7. The van der Waals surface area contributed by atoms with Gasteiger partial charge in [-0.1, -0.05) is 6.92 Å². The number of ether oxygens (including phenoxy) is 1. The monoisotopic (exact) mass is 286 g/mol. The molecule has 6 nitrogen and oxygen atoms in total. The van der Waals surface area contributed by atoms with Gasteiger partial charge in [0.15, 0.2) is 0 Å². The Morgan fingerprint density at radius 1 is 1.40 bits per heavy atom. The number of aliphatic carboxylic acids is 1. The third-order valence-corrected chi connectivity index (χ3v) is 3.64. The summed E-state index contributed by atoms with van der Waals surface area (Å²) in [6, 6.07) is -0.0528. The summed E-state index contributed by atoms with van der Waals surface area (Å²) in [6.45, 7) is 6.37. The summed E-state index contributed by atoms with van der Waals surface area (Å²) < 4.78 is 5.54. The van der Waals surface area contributed by atoms with Gasteiger partial charge in [0, 0.05) is 26.2 Å². The molecule has 1 atom stereocenters. The van der Waals surface area contributed by atoms with Crippen molar-refractivity contribution < 1.29 is 19.4 Å². The third-order valence-electron chi connectivity index (χ3n) is 3.64. The minimum absolute atomic E-state index is 0.0528. The van der Waals surface area contributed by atoms with Crippen molar-refractivity contribution >= 4 is 12.0 Å². The summed E-state index contributed by atoms with van der Waals surface area (Å²) in [5.74, 6) is -1.14. The maximum absolute atomic E-state index is 11.9. The molecule has 0 aromatic rings. The number of hydrogen-bond acceptors (Lipinski definition) is 3. The SMILES string of the molecule is CCOC1CCN(C(=O)NCCCC(C)C(=O)O)CC1. The van der Waals surface area contributed by atoms with E-state index >= 15 is 0 Å². The van der Waals surface area contributed by atoms with Crippen LogP contribution in [0.4, 0.5) is 4.79 Å². The molecule has 2 N–H and O–H groups in total. The molecule has 20 heavy (non-hydrogen) atoms. The van der Waals surface area contributed by atoms with Gasteiger partial charge in [0.05, 0.1) is 12.0 Å². The lowest BCUT2D eigenvalue weighted by molar-refractivity contribution is -0.141. The van der Waals surface area contributed by atoms with Crippen LogP contribution in [0.2, 0.25) is 0 Å². The Morgan fingerprint density at radius 2 is 2.05 bits per heavy atom. The fraction of sp³-hybridized carbons (Fsp3) is 0.857. The van der Waals surface area contributed by atoms with Gasteiger partial charge in [-0.25, -0.2) is 4.79 Å². The number of hydrogen-bond donors (Lipinski definition) is 2. The van der Waals surface area contributed by atoms with Crippen molar-refractivity contribution in [2.75, 3.05) is 26.2 Å². The molecule has 1 saturated heterocycles. The zero-order chi connectivity index (χ0) is 15.0. The highest BCUT2D eigenvalue weighted by Crippen LogP contribution is 2.13. The van der Waals surface area contributed by atoms with E-state index in [1.807, 2.05) is 6.92 Å². The second-order valence-electron chi connectivity index (χ2n) is 5.26. The third kappa shape index (κ3) is 5.77. The van der Waals surface area contributed by atoms with Gasteiger partial charge < -0.3 is 20.1 Å². The predicted octanol–water partition coefficient (Wildman–Crippen LogP) is 1.70. The Kier molecular flexibility index (Phi) is 7.36. The number of amides is 2. The van der Waals surface area contributed by atoms with Crippen LogP contribution in [0.15, 0.2) is 0 Å². The maximum Gasteiger partial charge on any atom is 0.317 e. The van der Waals surface area contributed by atoms with Crippen LogP contribution in [0, 0.1) is 5.92 Å². The molecule has 1 fully saturated rings. The van der Waals surface area contributed by atoms with Gasteiger partial charge in [0.2, 0.25) is 0 Å². The molecule has 6 heteroatoms.